The van der Waals surface area contributed by atoms with Crippen molar-refractivity contribution in [3.05, 3.63) is 115 Å². The smallest absolute Gasteiger partial charge is 0.296 e. The summed E-state index contributed by atoms with van der Waals surface area (Å²) in [7, 11) is -4.62. The average molecular weight is 854 g/mol. The van der Waals surface area contributed by atoms with E-state index in [9.17, 15) is 13.0 Å². The molecule has 16 heteroatoms. The fraction of sp³-hybridized carbons (Fsp3) is 0.222. The number of benzene rings is 6. The topological polar surface area (TPSA) is 173 Å². The minimum absolute atomic E-state index is 0.0213. The number of thioether (sulfide) groups is 1. The second-order valence-corrected chi connectivity index (χ2v) is 16.3. The van der Waals surface area contributed by atoms with Crippen LogP contribution in [0.5, 0.6) is 0 Å². The number of hydrogen-bond acceptors (Lipinski definition) is 14. The second-order valence-electron chi connectivity index (χ2n) is 13.7. The Labute approximate surface area is 360 Å². The lowest BCUT2D eigenvalue weighted by molar-refractivity contribution is 0.483. The summed E-state index contributed by atoms with van der Waals surface area (Å²) in [5.74, 6) is 1.23. The zero-order valence-corrected chi connectivity index (χ0v) is 36.2. The molecule has 0 aliphatic carbocycles. The van der Waals surface area contributed by atoms with Crippen molar-refractivity contribution in [2.75, 3.05) is 52.4 Å². The highest BCUT2D eigenvalue weighted by Crippen LogP contribution is 2.39. The van der Waals surface area contributed by atoms with Crippen LogP contribution in [-0.4, -0.2) is 59.9 Å². The zero-order valence-electron chi connectivity index (χ0n) is 34.6. The van der Waals surface area contributed by atoms with Gasteiger partial charge in [0.25, 0.3) is 10.1 Å². The summed E-state index contributed by atoms with van der Waals surface area (Å²) >= 11 is 1.46. The Morgan fingerprint density at radius 1 is 0.574 bits per heavy atom. The first-order valence-electron chi connectivity index (χ1n) is 20.1. The molecule has 7 rings (SSSR count). The normalized spacial score (nSPS) is 11.8. The van der Waals surface area contributed by atoms with Crippen LogP contribution >= 0.6 is 11.8 Å². The van der Waals surface area contributed by atoms with Crippen molar-refractivity contribution < 1.29 is 13.0 Å². The highest BCUT2D eigenvalue weighted by Gasteiger charge is 2.19. The molecule has 14 nitrogen and oxygen atoms in total. The average Bonchev–Trinajstić information content (AvgIpc) is 3.26. The van der Waals surface area contributed by atoms with E-state index < -0.39 is 10.1 Å². The van der Waals surface area contributed by atoms with Crippen LogP contribution in [0.25, 0.3) is 21.5 Å². The standard InChI is InChI=1S/C45H47N11O3S2/c1-6-55(7-2)32-23-25-37(52-51-36-21-15-18-30-16-11-13-19-34(30)36)39(28-32)46-43-48-44(50-45(49-43)60-10-5)47-40-29-33(56(8-3)9-4)24-26-38(40)53-54-42-35-20-14-12-17-31(35)22-27-41(42)61(57,58)59/h11-29H,6-10H2,1-5H3,(H,57,58,59)(H2,46,47,48,49,50). The third-order valence-electron chi connectivity index (χ3n) is 10.0. The molecule has 0 fully saturated rings. The molecule has 0 saturated carbocycles. The van der Waals surface area contributed by atoms with Gasteiger partial charge in [0.05, 0.1) is 17.1 Å². The maximum absolute atomic E-state index is 12.5. The molecule has 7 aromatic rings. The van der Waals surface area contributed by atoms with Gasteiger partial charge < -0.3 is 20.4 Å². The zero-order chi connectivity index (χ0) is 42.9. The van der Waals surface area contributed by atoms with Gasteiger partial charge in [0, 0.05) is 48.3 Å². The largest absolute Gasteiger partial charge is 0.372 e. The third-order valence-corrected chi connectivity index (χ3v) is 11.6. The number of aromatic nitrogens is 3. The maximum Gasteiger partial charge on any atom is 0.296 e. The molecule has 0 aliphatic rings. The van der Waals surface area contributed by atoms with Crippen LogP contribution in [0.1, 0.15) is 34.6 Å². The van der Waals surface area contributed by atoms with E-state index in [4.69, 9.17) is 25.2 Å². The molecule has 6 aromatic carbocycles. The summed E-state index contributed by atoms with van der Waals surface area (Å²) < 4.78 is 35.1. The Balaban J connectivity index is 1.30. The van der Waals surface area contributed by atoms with Crippen molar-refractivity contribution in [1.82, 2.24) is 15.0 Å². The summed E-state index contributed by atoms with van der Waals surface area (Å²) in [6.07, 6.45) is 0. The summed E-state index contributed by atoms with van der Waals surface area (Å²) in [6.45, 7) is 13.5. The molecule has 0 spiro atoms. The predicted molar refractivity (Wildman–Crippen MR) is 249 cm³/mol. The van der Waals surface area contributed by atoms with Crippen LogP contribution in [0.3, 0.4) is 0 Å². The van der Waals surface area contributed by atoms with E-state index >= 15 is 0 Å². The number of nitrogens with one attached hydrogen (secondary N) is 2. The van der Waals surface area contributed by atoms with Gasteiger partial charge in [0.2, 0.25) is 11.9 Å². The highest BCUT2D eigenvalue weighted by atomic mass is 32.2. The summed E-state index contributed by atoms with van der Waals surface area (Å²) in [4.78, 5) is 18.5. The van der Waals surface area contributed by atoms with Crippen LogP contribution in [0.4, 0.5) is 57.4 Å². The van der Waals surface area contributed by atoms with Gasteiger partial charge in [-0.3, -0.25) is 4.55 Å². The van der Waals surface area contributed by atoms with Gasteiger partial charge in [0.1, 0.15) is 22.0 Å². The SMILES string of the molecule is CCSc1nc(Nc2cc(N(CC)CC)ccc2N=Nc2cccc3ccccc23)nc(Nc2cc(N(CC)CC)ccc2N=Nc2c(S(=O)(=O)O)ccc3ccccc23)n1. The fourth-order valence-electron chi connectivity index (χ4n) is 6.95. The maximum atomic E-state index is 12.5. The lowest BCUT2D eigenvalue weighted by Crippen LogP contribution is -2.21. The lowest BCUT2D eigenvalue weighted by atomic mass is 10.1. The Morgan fingerprint density at radius 2 is 1.08 bits per heavy atom. The molecule has 3 N–H and O–H groups in total. The van der Waals surface area contributed by atoms with Crippen molar-refractivity contribution in [3.8, 4) is 0 Å². The van der Waals surface area contributed by atoms with E-state index in [1.807, 2.05) is 79.7 Å². The first-order chi connectivity index (χ1) is 29.6. The lowest BCUT2D eigenvalue weighted by Gasteiger charge is -2.22. The first-order valence-corrected chi connectivity index (χ1v) is 22.6. The van der Waals surface area contributed by atoms with Gasteiger partial charge in [-0.05, 0) is 92.8 Å². The molecule has 0 aliphatic heterocycles. The minimum atomic E-state index is -4.62. The second kappa shape index (κ2) is 19.3. The number of fused-ring (bicyclic) bond motifs is 2. The Kier molecular flexibility index (Phi) is 13.5. The molecule has 312 valence electrons. The molecule has 0 saturated heterocycles. The van der Waals surface area contributed by atoms with Gasteiger partial charge in [-0.25, -0.2) is 0 Å². The van der Waals surface area contributed by atoms with Crippen LogP contribution in [0.2, 0.25) is 0 Å². The monoisotopic (exact) mass is 853 g/mol. The summed E-state index contributed by atoms with van der Waals surface area (Å²) in [5, 5.41) is 29.1. The molecule has 0 atom stereocenters. The van der Waals surface area contributed by atoms with Gasteiger partial charge in [-0.2, -0.15) is 23.4 Å². The van der Waals surface area contributed by atoms with E-state index in [2.05, 4.69) is 70.5 Å². The number of azo groups is 2. The van der Waals surface area contributed by atoms with Crippen LogP contribution in [-0.2, 0) is 10.1 Å². The van der Waals surface area contributed by atoms with Crippen molar-refractivity contribution >= 4 is 101 Å². The predicted octanol–water partition coefficient (Wildman–Crippen LogP) is 12.5. The molecule has 0 bridgehead atoms. The van der Waals surface area contributed by atoms with Crippen LogP contribution < -0.4 is 20.4 Å². The molecular formula is C45H47N11O3S2. The molecule has 0 radical (unpaired) electrons. The number of nitrogens with zero attached hydrogens (tertiary/aromatic N) is 9. The van der Waals surface area contributed by atoms with Gasteiger partial charge >= 0.3 is 0 Å². The number of anilines is 6. The fourth-order valence-corrected chi connectivity index (χ4v) is 8.15. The van der Waals surface area contributed by atoms with E-state index in [-0.39, 0.29) is 22.5 Å². The van der Waals surface area contributed by atoms with Gasteiger partial charge in [-0.15, -0.1) is 20.5 Å². The van der Waals surface area contributed by atoms with Crippen molar-refractivity contribution in [1.29, 1.82) is 0 Å². The van der Waals surface area contributed by atoms with E-state index in [1.165, 1.54) is 17.8 Å². The van der Waals surface area contributed by atoms with E-state index in [1.54, 1.807) is 24.3 Å². The molecule has 1 aromatic heterocycles. The first kappa shape index (κ1) is 42.6. The van der Waals surface area contributed by atoms with E-state index in [0.717, 1.165) is 59.4 Å². The van der Waals surface area contributed by atoms with Gasteiger partial charge in [0.15, 0.2) is 5.16 Å². The Bertz CT molecular complexity index is 2840. The van der Waals surface area contributed by atoms with Crippen LogP contribution in [0, 0.1) is 0 Å². The highest BCUT2D eigenvalue weighted by molar-refractivity contribution is 7.99. The Morgan fingerprint density at radius 3 is 1.64 bits per heavy atom. The quantitative estimate of drug-likeness (QED) is 0.0452. The minimum Gasteiger partial charge on any atom is -0.372 e. The molecule has 1 heterocycles. The van der Waals surface area contributed by atoms with Crippen molar-refractivity contribution in [2.24, 2.45) is 20.5 Å². The molecule has 0 unspecified atom stereocenters. The number of hydrogen-bond donors (Lipinski definition) is 3. The molecule has 61 heavy (non-hydrogen) atoms. The summed E-state index contributed by atoms with van der Waals surface area (Å²) in [6, 6.07) is 35.8. The van der Waals surface area contributed by atoms with Crippen LogP contribution in [0.15, 0.2) is 146 Å². The Hall–Kier alpha value is -6.49. The third kappa shape index (κ3) is 9.94. The van der Waals surface area contributed by atoms with Gasteiger partial charge in [-0.1, -0.05) is 85.4 Å². The summed E-state index contributed by atoms with van der Waals surface area (Å²) in [5.41, 5.74) is 4.83. The van der Waals surface area contributed by atoms with Crippen molar-refractivity contribution in [3.63, 3.8) is 0 Å². The number of rotatable bonds is 17. The molecule has 0 amide bonds. The van der Waals surface area contributed by atoms with Crippen molar-refractivity contribution in [2.45, 2.75) is 44.7 Å². The molecular weight excluding hydrogens is 807 g/mol. The van der Waals surface area contributed by atoms with E-state index in [0.29, 0.717) is 39.0 Å².